The molecular formula is C13H12F3NO3. The van der Waals surface area contributed by atoms with Crippen molar-refractivity contribution in [2.24, 2.45) is 5.41 Å². The molecule has 1 saturated heterocycles. The number of carboxylic acid groups (broad SMARTS) is 1. The normalized spacial score (nSPS) is 17.5. The lowest BCUT2D eigenvalue weighted by Gasteiger charge is -2.45. The Labute approximate surface area is 112 Å². The van der Waals surface area contributed by atoms with E-state index in [1.54, 1.807) is 6.92 Å². The van der Waals surface area contributed by atoms with Gasteiger partial charge in [0.1, 0.15) is 0 Å². The fourth-order valence-corrected chi connectivity index (χ4v) is 2.23. The van der Waals surface area contributed by atoms with Gasteiger partial charge in [-0.15, -0.1) is 0 Å². The summed E-state index contributed by atoms with van der Waals surface area (Å²) in [5.41, 5.74) is -1.52. The first kappa shape index (κ1) is 14.4. The Morgan fingerprint density at radius 1 is 1.20 bits per heavy atom. The molecule has 1 amide bonds. The Balaban J connectivity index is 2.13. The van der Waals surface area contributed by atoms with Crippen LogP contribution in [0.2, 0.25) is 0 Å². The minimum Gasteiger partial charge on any atom is -0.465 e. The van der Waals surface area contributed by atoms with Crippen LogP contribution in [0.3, 0.4) is 0 Å². The highest BCUT2D eigenvalue weighted by molar-refractivity contribution is 6.01. The van der Waals surface area contributed by atoms with E-state index in [2.05, 4.69) is 0 Å². The lowest BCUT2D eigenvalue weighted by molar-refractivity contribution is -0.137. The van der Waals surface area contributed by atoms with Gasteiger partial charge in [-0.05, 0) is 19.1 Å². The van der Waals surface area contributed by atoms with Gasteiger partial charge >= 0.3 is 12.3 Å². The molecule has 1 aromatic carbocycles. The number of alkyl halides is 3. The second-order valence-corrected chi connectivity index (χ2v) is 5.10. The van der Waals surface area contributed by atoms with Crippen LogP contribution in [0.15, 0.2) is 24.3 Å². The molecule has 0 bridgehead atoms. The monoisotopic (exact) mass is 287 g/mol. The maximum absolute atomic E-state index is 12.4. The summed E-state index contributed by atoms with van der Waals surface area (Å²) >= 11 is 0. The Morgan fingerprint density at radius 3 is 2.10 bits per heavy atom. The highest BCUT2D eigenvalue weighted by Gasteiger charge is 2.47. The van der Waals surface area contributed by atoms with Crippen LogP contribution in [0.5, 0.6) is 0 Å². The molecule has 1 aliphatic heterocycles. The number of carbonyl (C=O) groups is 2. The van der Waals surface area contributed by atoms with Crippen molar-refractivity contribution in [1.29, 1.82) is 0 Å². The minimum absolute atomic E-state index is 0.0577. The van der Waals surface area contributed by atoms with Crippen LogP contribution >= 0.6 is 0 Å². The lowest BCUT2D eigenvalue weighted by Crippen LogP contribution is -2.60. The predicted molar refractivity (Wildman–Crippen MR) is 63.5 cm³/mol. The maximum Gasteiger partial charge on any atom is 0.416 e. The van der Waals surface area contributed by atoms with Crippen LogP contribution in [-0.4, -0.2) is 35.0 Å². The molecule has 0 unspecified atom stereocenters. The third-order valence-corrected chi connectivity index (χ3v) is 3.37. The highest BCUT2D eigenvalue weighted by Crippen LogP contribution is 2.35. The summed E-state index contributed by atoms with van der Waals surface area (Å²) in [6.07, 6.45) is -5.55. The number of benzene rings is 1. The third-order valence-electron chi connectivity index (χ3n) is 3.37. The summed E-state index contributed by atoms with van der Waals surface area (Å²) in [7, 11) is 0. The van der Waals surface area contributed by atoms with Gasteiger partial charge in [-0.1, -0.05) is 12.1 Å². The molecule has 0 saturated carbocycles. The fourth-order valence-electron chi connectivity index (χ4n) is 2.23. The molecule has 0 atom stereocenters. The van der Waals surface area contributed by atoms with E-state index in [1.807, 2.05) is 0 Å². The summed E-state index contributed by atoms with van der Waals surface area (Å²) in [6.45, 7) is 1.72. The lowest BCUT2D eigenvalue weighted by atomic mass is 9.75. The second kappa shape index (κ2) is 4.50. The van der Waals surface area contributed by atoms with Crippen LogP contribution in [-0.2, 0) is 6.18 Å². The zero-order valence-electron chi connectivity index (χ0n) is 10.6. The third kappa shape index (κ3) is 2.48. The van der Waals surface area contributed by atoms with Crippen LogP contribution in [0.25, 0.3) is 0 Å². The smallest absolute Gasteiger partial charge is 0.416 e. The van der Waals surface area contributed by atoms with Crippen molar-refractivity contribution in [3.05, 3.63) is 35.4 Å². The number of hydrogen-bond donors (Lipinski definition) is 1. The van der Waals surface area contributed by atoms with Crippen LogP contribution in [0.4, 0.5) is 18.0 Å². The van der Waals surface area contributed by atoms with Gasteiger partial charge in [0.25, 0.3) is 0 Å². The van der Waals surface area contributed by atoms with Crippen LogP contribution in [0.1, 0.15) is 22.8 Å². The van der Waals surface area contributed by atoms with Crippen molar-refractivity contribution in [3.63, 3.8) is 0 Å². The van der Waals surface area contributed by atoms with Gasteiger partial charge in [-0.3, -0.25) is 4.79 Å². The molecule has 1 N–H and O–H groups in total. The molecule has 1 aromatic rings. The zero-order valence-corrected chi connectivity index (χ0v) is 10.6. The zero-order chi connectivity index (χ0) is 15.1. The van der Waals surface area contributed by atoms with Crippen molar-refractivity contribution < 1.29 is 27.9 Å². The van der Waals surface area contributed by atoms with Gasteiger partial charge in [-0.25, -0.2) is 4.79 Å². The first-order chi connectivity index (χ1) is 9.13. The van der Waals surface area contributed by atoms with Gasteiger partial charge in [0.15, 0.2) is 5.78 Å². The summed E-state index contributed by atoms with van der Waals surface area (Å²) in [4.78, 5) is 23.9. The second-order valence-electron chi connectivity index (χ2n) is 5.10. The largest absolute Gasteiger partial charge is 0.465 e. The first-order valence-electron chi connectivity index (χ1n) is 5.83. The Morgan fingerprint density at radius 2 is 1.70 bits per heavy atom. The first-order valence-corrected chi connectivity index (χ1v) is 5.83. The van der Waals surface area contributed by atoms with Crippen molar-refractivity contribution in [2.45, 2.75) is 13.1 Å². The standard InChI is InChI=1S/C13H12F3NO3/c1-12(6-17(7-12)11(19)20)10(18)8-2-4-9(5-3-8)13(14,15)16/h2-5H,6-7H2,1H3,(H,19,20). The van der Waals surface area contributed by atoms with Gasteiger partial charge in [0.05, 0.1) is 11.0 Å². The summed E-state index contributed by atoms with van der Waals surface area (Å²) < 4.78 is 37.2. The minimum atomic E-state index is -4.44. The molecule has 0 spiro atoms. The van der Waals surface area contributed by atoms with E-state index in [-0.39, 0.29) is 24.4 Å². The SMILES string of the molecule is CC1(C(=O)c2ccc(C(F)(F)F)cc2)CN(C(=O)O)C1. The number of ketones is 1. The van der Waals surface area contributed by atoms with E-state index in [4.69, 9.17) is 5.11 Å². The van der Waals surface area contributed by atoms with Gasteiger partial charge in [0.2, 0.25) is 0 Å². The molecule has 1 heterocycles. The number of nitrogens with zero attached hydrogens (tertiary/aromatic N) is 1. The summed E-state index contributed by atoms with van der Waals surface area (Å²) in [6, 6.07) is 3.95. The molecule has 0 radical (unpaired) electrons. The van der Waals surface area contributed by atoms with E-state index < -0.39 is 23.2 Å². The summed E-state index contributed by atoms with van der Waals surface area (Å²) in [5.74, 6) is -0.344. The van der Waals surface area contributed by atoms with E-state index in [0.29, 0.717) is 0 Å². The van der Waals surface area contributed by atoms with Gasteiger partial charge in [-0.2, -0.15) is 13.2 Å². The molecule has 1 fully saturated rings. The highest BCUT2D eigenvalue weighted by atomic mass is 19.4. The van der Waals surface area contributed by atoms with Crippen molar-refractivity contribution in [2.75, 3.05) is 13.1 Å². The molecular weight excluding hydrogens is 275 g/mol. The average molecular weight is 287 g/mol. The van der Waals surface area contributed by atoms with Crippen molar-refractivity contribution in [1.82, 2.24) is 4.90 Å². The number of rotatable bonds is 2. The van der Waals surface area contributed by atoms with E-state index >= 15 is 0 Å². The van der Waals surface area contributed by atoms with E-state index in [0.717, 1.165) is 29.2 Å². The number of Topliss-reactive ketones (excluding diaryl/α,β-unsaturated/α-hetero) is 1. The number of hydrogen-bond acceptors (Lipinski definition) is 2. The molecule has 7 heteroatoms. The molecule has 2 rings (SSSR count). The number of likely N-dealkylation sites (tertiary alicyclic amines) is 1. The fraction of sp³-hybridized carbons (Fsp3) is 0.385. The van der Waals surface area contributed by atoms with Gasteiger partial charge < -0.3 is 10.0 Å². The molecule has 4 nitrogen and oxygen atoms in total. The molecule has 108 valence electrons. The number of carbonyl (C=O) groups excluding carboxylic acids is 1. The number of amides is 1. The van der Waals surface area contributed by atoms with Crippen LogP contribution in [0, 0.1) is 5.41 Å². The average Bonchev–Trinajstić information content (AvgIpc) is 2.33. The van der Waals surface area contributed by atoms with E-state index in [9.17, 15) is 22.8 Å². The van der Waals surface area contributed by atoms with Crippen molar-refractivity contribution >= 4 is 11.9 Å². The molecule has 0 aliphatic carbocycles. The predicted octanol–water partition coefficient (Wildman–Crippen LogP) is 2.89. The Hall–Kier alpha value is -2.05. The Kier molecular flexibility index (Phi) is 3.23. The van der Waals surface area contributed by atoms with Crippen LogP contribution < -0.4 is 0 Å². The maximum atomic E-state index is 12.4. The molecule has 1 aliphatic rings. The molecule has 0 aromatic heterocycles. The topological polar surface area (TPSA) is 57.6 Å². The number of halogens is 3. The summed E-state index contributed by atoms with van der Waals surface area (Å²) in [5, 5.41) is 8.73. The quantitative estimate of drug-likeness (QED) is 0.851. The van der Waals surface area contributed by atoms with E-state index in [1.165, 1.54) is 0 Å². The van der Waals surface area contributed by atoms with Gasteiger partial charge in [0, 0.05) is 18.7 Å². The molecule has 20 heavy (non-hydrogen) atoms. The Bertz CT molecular complexity index is 545. The van der Waals surface area contributed by atoms with Crippen molar-refractivity contribution in [3.8, 4) is 0 Å².